The Hall–Kier alpha value is -4.31. The van der Waals surface area contributed by atoms with Gasteiger partial charge in [-0.15, -0.1) is 0 Å². The summed E-state index contributed by atoms with van der Waals surface area (Å²) in [5.41, 5.74) is 4.26. The van der Waals surface area contributed by atoms with Gasteiger partial charge in [-0.25, -0.2) is 4.79 Å². The quantitative estimate of drug-likeness (QED) is 0.182. The predicted octanol–water partition coefficient (Wildman–Crippen LogP) is 6.74. The molecule has 0 atom stereocenters. The molecule has 4 heteroatoms. The van der Waals surface area contributed by atoms with Crippen molar-refractivity contribution >= 4 is 55.3 Å². The lowest BCUT2D eigenvalue weighted by Crippen LogP contribution is -2.02. The molecule has 6 aromatic rings. The van der Waals surface area contributed by atoms with Gasteiger partial charge in [0.25, 0.3) is 0 Å². The van der Waals surface area contributed by atoms with E-state index >= 15 is 0 Å². The Morgan fingerprint density at radius 1 is 0.824 bits per heavy atom. The molecule has 0 radical (unpaired) electrons. The Bertz CT molecular complexity index is 1730. The molecule has 4 nitrogen and oxygen atoms in total. The lowest BCUT2D eigenvalue weighted by Gasteiger charge is -2.19. The van der Waals surface area contributed by atoms with Crippen LogP contribution in [0.1, 0.15) is 37.4 Å². The van der Waals surface area contributed by atoms with E-state index < -0.39 is 5.97 Å². The highest BCUT2D eigenvalue weighted by Gasteiger charge is 2.20. The summed E-state index contributed by atoms with van der Waals surface area (Å²) >= 11 is 0. The number of hydrogen-bond acceptors (Lipinski definition) is 3. The lowest BCUT2D eigenvalue weighted by molar-refractivity contribution is 0.0699. The van der Waals surface area contributed by atoms with Crippen molar-refractivity contribution in [2.75, 3.05) is 0 Å². The van der Waals surface area contributed by atoms with Crippen molar-refractivity contribution in [1.29, 1.82) is 0 Å². The van der Waals surface area contributed by atoms with Gasteiger partial charge in [-0.1, -0.05) is 48.5 Å². The fourth-order valence-electron chi connectivity index (χ4n) is 5.48. The van der Waals surface area contributed by atoms with E-state index in [4.69, 9.17) is 0 Å². The van der Waals surface area contributed by atoms with Crippen molar-refractivity contribution in [2.45, 2.75) is 19.8 Å². The van der Waals surface area contributed by atoms with Crippen LogP contribution < -0.4 is 0 Å². The van der Waals surface area contributed by atoms with Gasteiger partial charge in [0.1, 0.15) is 0 Å². The minimum atomic E-state index is -1.03. The van der Waals surface area contributed by atoms with Crippen molar-refractivity contribution in [1.82, 2.24) is 4.98 Å². The fraction of sp³-hybridized carbons (Fsp3) is 0.100. The van der Waals surface area contributed by atoms with Crippen LogP contribution in [0.25, 0.3) is 43.1 Å². The number of pyridine rings is 1. The van der Waals surface area contributed by atoms with Crippen molar-refractivity contribution in [3.63, 3.8) is 0 Å². The van der Waals surface area contributed by atoms with E-state index in [1.54, 1.807) is 18.3 Å². The van der Waals surface area contributed by atoms with Crippen LogP contribution in [0.5, 0.6) is 0 Å². The molecule has 5 aromatic carbocycles. The normalized spacial score (nSPS) is 11.7. The smallest absolute Gasteiger partial charge is 0.336 e. The van der Waals surface area contributed by atoms with Gasteiger partial charge >= 0.3 is 5.97 Å². The van der Waals surface area contributed by atoms with Crippen molar-refractivity contribution in [3.8, 4) is 0 Å². The Morgan fingerprint density at radius 3 is 2.18 bits per heavy atom. The molecule has 1 N–H and O–H groups in total. The van der Waals surface area contributed by atoms with E-state index in [1.807, 2.05) is 24.4 Å². The number of nitrogens with zero attached hydrogens (tertiary/aromatic N) is 1. The molecule has 1 heterocycles. The molecule has 34 heavy (non-hydrogen) atoms. The molecule has 0 unspecified atom stereocenters. The van der Waals surface area contributed by atoms with Gasteiger partial charge in [0.15, 0.2) is 6.29 Å². The Morgan fingerprint density at radius 2 is 1.50 bits per heavy atom. The van der Waals surface area contributed by atoms with Gasteiger partial charge in [0.2, 0.25) is 0 Å². The molecule has 0 spiro atoms. The lowest BCUT2D eigenvalue weighted by atomic mass is 9.84. The number of aldehydes is 1. The molecule has 0 aliphatic carbocycles. The van der Waals surface area contributed by atoms with E-state index in [9.17, 15) is 14.7 Å². The maximum atomic E-state index is 12.0. The molecule has 0 saturated heterocycles. The van der Waals surface area contributed by atoms with E-state index in [2.05, 4.69) is 42.2 Å². The zero-order valence-corrected chi connectivity index (χ0v) is 18.6. The van der Waals surface area contributed by atoms with Gasteiger partial charge in [0, 0.05) is 23.3 Å². The highest BCUT2D eigenvalue weighted by molar-refractivity contribution is 6.35. The minimum absolute atomic E-state index is 0.155. The average Bonchev–Trinajstić information content (AvgIpc) is 2.87. The van der Waals surface area contributed by atoms with Crippen molar-refractivity contribution in [2.24, 2.45) is 0 Å². The average molecular weight is 444 g/mol. The standard InChI is InChI=1S/C30H21NO3/c1-17-4-9-21-23-11-8-20(16-32)27-25(30(33)34)13-12-24(29(23)27)22-10-7-19(26(17)28(21)22)6-5-18-3-2-14-31-15-18/h2-4,7-16H,5-6H2,1H3,(H,33,34). The highest BCUT2D eigenvalue weighted by Crippen LogP contribution is 2.43. The number of hydrogen-bond donors (Lipinski definition) is 1. The molecular formula is C30H21NO3. The van der Waals surface area contributed by atoms with E-state index in [0.29, 0.717) is 10.9 Å². The molecule has 0 saturated carbocycles. The van der Waals surface area contributed by atoms with E-state index in [0.717, 1.165) is 46.1 Å². The predicted molar refractivity (Wildman–Crippen MR) is 136 cm³/mol. The number of carboxylic acid groups (broad SMARTS) is 1. The maximum Gasteiger partial charge on any atom is 0.336 e. The van der Waals surface area contributed by atoms with Gasteiger partial charge in [0.05, 0.1) is 5.56 Å². The number of carbonyl (C=O) groups is 2. The second kappa shape index (κ2) is 7.63. The zero-order valence-electron chi connectivity index (χ0n) is 18.6. The summed E-state index contributed by atoms with van der Waals surface area (Å²) in [5.74, 6) is -1.03. The van der Waals surface area contributed by atoms with Crippen LogP contribution >= 0.6 is 0 Å². The van der Waals surface area contributed by atoms with Crippen LogP contribution in [0.2, 0.25) is 0 Å². The first kappa shape index (κ1) is 20.3. The number of carbonyl (C=O) groups excluding carboxylic acids is 1. The first-order chi connectivity index (χ1) is 16.6. The third-order valence-corrected chi connectivity index (χ3v) is 6.99. The summed E-state index contributed by atoms with van der Waals surface area (Å²) in [6.45, 7) is 2.14. The molecule has 0 aliphatic rings. The van der Waals surface area contributed by atoms with Crippen LogP contribution in [-0.2, 0) is 12.8 Å². The summed E-state index contributed by atoms with van der Waals surface area (Å²) in [4.78, 5) is 28.1. The van der Waals surface area contributed by atoms with E-state index in [1.165, 1.54) is 27.5 Å². The largest absolute Gasteiger partial charge is 0.478 e. The molecule has 0 fully saturated rings. The maximum absolute atomic E-state index is 12.0. The summed E-state index contributed by atoms with van der Waals surface area (Å²) < 4.78 is 0. The molecule has 0 aliphatic heterocycles. The zero-order chi connectivity index (χ0) is 23.4. The number of fused-ring (bicyclic) bond motifs is 2. The van der Waals surface area contributed by atoms with Crippen molar-refractivity contribution in [3.05, 3.63) is 101 Å². The Balaban J connectivity index is 1.71. The summed E-state index contributed by atoms with van der Waals surface area (Å²) in [6.07, 6.45) is 6.26. The molecule has 0 bridgehead atoms. The second-order valence-electron chi connectivity index (χ2n) is 8.85. The third-order valence-electron chi connectivity index (χ3n) is 6.99. The number of benzene rings is 5. The minimum Gasteiger partial charge on any atom is -0.478 e. The van der Waals surface area contributed by atoms with E-state index in [-0.39, 0.29) is 5.56 Å². The molecule has 0 amide bonds. The third kappa shape index (κ3) is 2.88. The molecule has 6 rings (SSSR count). The first-order valence-corrected chi connectivity index (χ1v) is 11.3. The second-order valence-corrected chi connectivity index (χ2v) is 8.85. The summed E-state index contributed by atoms with van der Waals surface area (Å²) in [6, 6.07) is 19.9. The number of aromatic nitrogens is 1. The Labute approximate surface area is 195 Å². The number of aromatic carboxylic acids is 1. The molecular weight excluding hydrogens is 422 g/mol. The molecule has 1 aromatic heterocycles. The summed E-state index contributed by atoms with van der Waals surface area (Å²) in [7, 11) is 0. The van der Waals surface area contributed by atoms with Crippen LogP contribution in [0, 0.1) is 6.92 Å². The SMILES string of the molecule is Cc1ccc2c3ccc(C=O)c4c(C(=O)O)ccc(c5ccc(CCc6cccnc6)c1c25)c43. The highest BCUT2D eigenvalue weighted by atomic mass is 16.4. The number of aryl methyl sites for hydroxylation is 3. The topological polar surface area (TPSA) is 67.3 Å². The summed E-state index contributed by atoms with van der Waals surface area (Å²) in [5, 5.41) is 17.7. The van der Waals surface area contributed by atoms with Gasteiger partial charge in [-0.05, 0) is 86.3 Å². The fourth-order valence-corrected chi connectivity index (χ4v) is 5.48. The van der Waals surface area contributed by atoms with Crippen molar-refractivity contribution < 1.29 is 14.7 Å². The first-order valence-electron chi connectivity index (χ1n) is 11.3. The Kier molecular flexibility index (Phi) is 4.56. The monoisotopic (exact) mass is 443 g/mol. The number of rotatable bonds is 5. The van der Waals surface area contributed by atoms with Crippen LogP contribution in [0.4, 0.5) is 0 Å². The van der Waals surface area contributed by atoms with Gasteiger partial charge in [-0.2, -0.15) is 0 Å². The van der Waals surface area contributed by atoms with Crippen LogP contribution in [0.15, 0.2) is 73.1 Å². The molecule has 164 valence electrons. The van der Waals surface area contributed by atoms with Crippen LogP contribution in [-0.4, -0.2) is 22.3 Å². The van der Waals surface area contributed by atoms with Crippen LogP contribution in [0.3, 0.4) is 0 Å². The van der Waals surface area contributed by atoms with Gasteiger partial charge < -0.3 is 5.11 Å². The number of carboxylic acids is 1. The van der Waals surface area contributed by atoms with Gasteiger partial charge in [-0.3, -0.25) is 9.78 Å².